The fraction of sp³-hybridized carbons (Fsp3) is 1.00. The summed E-state index contributed by atoms with van der Waals surface area (Å²) in [6.07, 6.45) is 35.3. The quantitative estimate of drug-likeness (QED) is 0.0915. The van der Waals surface area contributed by atoms with Crippen LogP contribution >= 0.6 is 0 Å². The second kappa shape index (κ2) is 22.0. The molecule has 0 aromatic carbocycles. The van der Waals surface area contributed by atoms with E-state index >= 15 is 0 Å². The average Bonchev–Trinajstić information content (AvgIpc) is 2.90. The molecule has 0 radical (unpaired) electrons. The Labute approximate surface area is 239 Å². The van der Waals surface area contributed by atoms with Gasteiger partial charge in [0.05, 0.1) is 8.80 Å². The number of hydrogen-bond donors (Lipinski definition) is 0. The van der Waals surface area contributed by atoms with E-state index in [1.807, 2.05) is 0 Å². The Kier molecular flexibility index (Phi) is 22.1. The van der Waals surface area contributed by atoms with Gasteiger partial charge >= 0.3 is 0 Å². The van der Waals surface area contributed by atoms with Crippen LogP contribution in [0.3, 0.4) is 0 Å². The Balaban J connectivity index is 7.58. The third-order valence-corrected chi connectivity index (χ3v) is 16.5. The predicted molar refractivity (Wildman–Crippen MR) is 177 cm³/mol. The molecular formula is C36H76Si. The first-order chi connectivity index (χ1) is 17.9. The molecule has 0 bridgehead atoms. The summed E-state index contributed by atoms with van der Waals surface area (Å²) in [7, 11) is -1.23. The summed E-state index contributed by atoms with van der Waals surface area (Å²) < 4.78 is 0. The lowest BCUT2D eigenvalue weighted by molar-refractivity contribution is 0.292. The van der Waals surface area contributed by atoms with Gasteiger partial charge in [-0.15, -0.1) is 0 Å². The van der Waals surface area contributed by atoms with Crippen LogP contribution in [-0.2, 0) is 0 Å². The molecule has 0 aromatic rings. The zero-order valence-corrected chi connectivity index (χ0v) is 29.2. The lowest BCUT2D eigenvalue weighted by Crippen LogP contribution is -2.53. The van der Waals surface area contributed by atoms with Crippen molar-refractivity contribution in [3.63, 3.8) is 0 Å². The first-order valence-electron chi connectivity index (χ1n) is 17.9. The van der Waals surface area contributed by atoms with Gasteiger partial charge in [0.2, 0.25) is 0 Å². The van der Waals surface area contributed by atoms with E-state index in [4.69, 9.17) is 0 Å². The summed E-state index contributed by atoms with van der Waals surface area (Å²) in [6, 6.07) is 0. The first-order valence-corrected chi connectivity index (χ1v) is 19.6. The minimum absolute atomic E-state index is 0.675. The molecular weight excluding hydrogens is 460 g/mol. The van der Waals surface area contributed by atoms with E-state index in [2.05, 4.69) is 62.3 Å². The molecule has 0 aromatic heterocycles. The molecule has 0 aliphatic rings. The lowest BCUT2D eigenvalue weighted by atomic mass is 9.87. The summed E-state index contributed by atoms with van der Waals surface area (Å²) in [6.45, 7) is 22.4. The summed E-state index contributed by atoms with van der Waals surface area (Å²) in [5.74, 6) is 0. The van der Waals surface area contributed by atoms with Gasteiger partial charge in [-0.1, -0.05) is 216 Å². The molecule has 0 N–H and O–H groups in total. The van der Waals surface area contributed by atoms with Gasteiger partial charge in [0, 0.05) is 0 Å². The maximum absolute atomic E-state index is 2.54. The zero-order valence-electron chi connectivity index (χ0n) is 28.0. The van der Waals surface area contributed by atoms with Gasteiger partial charge in [0.25, 0.3) is 0 Å². The molecule has 0 spiro atoms. The van der Waals surface area contributed by atoms with E-state index in [0.29, 0.717) is 15.1 Å². The molecule has 0 amide bonds. The molecule has 0 nitrogen and oxygen atoms in total. The molecule has 37 heavy (non-hydrogen) atoms. The molecule has 1 heteroatoms. The number of unbranched alkanes of at least 4 members (excludes halogenated alkanes) is 6. The van der Waals surface area contributed by atoms with Gasteiger partial charge in [-0.2, -0.15) is 0 Å². The van der Waals surface area contributed by atoms with E-state index in [0.717, 1.165) is 0 Å². The van der Waals surface area contributed by atoms with Crippen molar-refractivity contribution in [1.82, 2.24) is 0 Å². The lowest BCUT2D eigenvalue weighted by Gasteiger charge is -2.60. The highest BCUT2D eigenvalue weighted by atomic mass is 28.3. The fourth-order valence-electron chi connectivity index (χ4n) is 9.04. The van der Waals surface area contributed by atoms with Crippen molar-refractivity contribution in [1.29, 1.82) is 0 Å². The van der Waals surface area contributed by atoms with Crippen LogP contribution in [0.25, 0.3) is 0 Å². The van der Waals surface area contributed by atoms with Gasteiger partial charge in [-0.05, 0) is 15.1 Å². The fourth-order valence-corrected chi connectivity index (χ4v) is 17.6. The normalized spacial score (nSPS) is 13.1. The SMILES string of the molecule is CCCCC(CCC)(CCCC)[SiH](C(CCC)(CCCC)CCCC)C(CCC)(CCCC)CCCC. The number of hydrogen-bond acceptors (Lipinski definition) is 0. The first kappa shape index (κ1) is 37.2. The van der Waals surface area contributed by atoms with E-state index in [1.54, 1.807) is 38.5 Å². The summed E-state index contributed by atoms with van der Waals surface area (Å²) in [4.78, 5) is 0. The third kappa shape index (κ3) is 11.7. The van der Waals surface area contributed by atoms with E-state index < -0.39 is 8.80 Å². The molecule has 0 aliphatic carbocycles. The van der Waals surface area contributed by atoms with Crippen LogP contribution in [0.2, 0.25) is 15.1 Å². The third-order valence-electron chi connectivity index (χ3n) is 10.3. The maximum atomic E-state index is 2.54. The monoisotopic (exact) mass is 537 g/mol. The Morgan fingerprint density at radius 1 is 0.270 bits per heavy atom. The Bertz CT molecular complexity index is 400. The van der Waals surface area contributed by atoms with Crippen LogP contribution < -0.4 is 0 Å². The van der Waals surface area contributed by atoms with Crippen LogP contribution in [0.5, 0.6) is 0 Å². The van der Waals surface area contributed by atoms with Crippen LogP contribution in [-0.4, -0.2) is 8.80 Å². The minimum Gasteiger partial charge on any atom is -0.0654 e. The van der Waals surface area contributed by atoms with Crippen molar-refractivity contribution in [2.24, 2.45) is 0 Å². The Hall–Kier alpha value is 0.217. The average molecular weight is 537 g/mol. The molecule has 224 valence electrons. The van der Waals surface area contributed by atoms with Gasteiger partial charge in [0.15, 0.2) is 0 Å². The van der Waals surface area contributed by atoms with Crippen LogP contribution in [0.15, 0.2) is 0 Å². The highest BCUT2D eigenvalue weighted by Crippen LogP contribution is 2.68. The molecule has 0 heterocycles. The van der Waals surface area contributed by atoms with E-state index in [1.165, 1.54) is 116 Å². The second-order valence-electron chi connectivity index (χ2n) is 13.4. The molecule has 0 rings (SSSR count). The minimum atomic E-state index is -1.23. The van der Waals surface area contributed by atoms with Crippen LogP contribution in [0.4, 0.5) is 0 Å². The van der Waals surface area contributed by atoms with Gasteiger partial charge in [0.1, 0.15) is 0 Å². The Morgan fingerprint density at radius 3 is 0.595 bits per heavy atom. The largest absolute Gasteiger partial charge is 0.0654 e. The van der Waals surface area contributed by atoms with Gasteiger partial charge in [-0.25, -0.2) is 0 Å². The molecule has 0 unspecified atom stereocenters. The summed E-state index contributed by atoms with van der Waals surface area (Å²) >= 11 is 0. The second-order valence-corrected chi connectivity index (χ2v) is 17.9. The summed E-state index contributed by atoms with van der Waals surface area (Å²) in [5.41, 5.74) is 0. The predicted octanol–water partition coefficient (Wildman–Crippen LogP) is 14.0. The highest BCUT2D eigenvalue weighted by molar-refractivity contribution is 6.69. The zero-order chi connectivity index (χ0) is 28.0. The standard InChI is InChI=1S/C36H76Si/c1-10-19-28-34(25-16-7,29-20-11-2)37(35(26-17-8,30-21-12-3)31-22-13-4)36(27-18-9,32-23-14-5)33-24-15-6/h37H,10-33H2,1-9H3. The molecule has 0 saturated carbocycles. The van der Waals surface area contributed by atoms with Crippen molar-refractivity contribution in [2.45, 2.75) is 232 Å². The highest BCUT2D eigenvalue weighted by Gasteiger charge is 2.57. The van der Waals surface area contributed by atoms with Gasteiger partial charge in [-0.3, -0.25) is 0 Å². The van der Waals surface area contributed by atoms with Crippen molar-refractivity contribution in [3.8, 4) is 0 Å². The van der Waals surface area contributed by atoms with Crippen molar-refractivity contribution < 1.29 is 0 Å². The van der Waals surface area contributed by atoms with Crippen molar-refractivity contribution in [2.75, 3.05) is 0 Å². The smallest absolute Gasteiger partial charge is 0.0556 e. The number of rotatable bonds is 27. The maximum Gasteiger partial charge on any atom is 0.0556 e. The molecule has 0 fully saturated rings. The summed E-state index contributed by atoms with van der Waals surface area (Å²) in [5, 5.41) is 2.02. The molecule has 0 atom stereocenters. The molecule has 0 aliphatic heterocycles. The van der Waals surface area contributed by atoms with E-state index in [9.17, 15) is 0 Å². The van der Waals surface area contributed by atoms with Crippen LogP contribution in [0, 0.1) is 0 Å². The van der Waals surface area contributed by atoms with Crippen molar-refractivity contribution in [3.05, 3.63) is 0 Å². The topological polar surface area (TPSA) is 0 Å². The molecule has 0 saturated heterocycles. The Morgan fingerprint density at radius 2 is 0.459 bits per heavy atom. The van der Waals surface area contributed by atoms with Gasteiger partial charge < -0.3 is 0 Å². The van der Waals surface area contributed by atoms with Crippen molar-refractivity contribution >= 4 is 8.80 Å². The van der Waals surface area contributed by atoms with Crippen LogP contribution in [0.1, 0.15) is 216 Å². The van der Waals surface area contributed by atoms with E-state index in [-0.39, 0.29) is 0 Å².